The summed E-state index contributed by atoms with van der Waals surface area (Å²) in [5.74, 6) is -4.32. The summed E-state index contributed by atoms with van der Waals surface area (Å²) in [6.45, 7) is 3.92. The maximum absolute atomic E-state index is 12.6. The van der Waals surface area contributed by atoms with Crippen LogP contribution in [0.3, 0.4) is 0 Å². The molecule has 0 radical (unpaired) electrons. The topological polar surface area (TPSA) is 171 Å². The Labute approximate surface area is 217 Å². The maximum Gasteiger partial charge on any atom is 0.305 e. The van der Waals surface area contributed by atoms with Crippen LogP contribution < -0.4 is 21.3 Å². The first kappa shape index (κ1) is 31.3. The summed E-state index contributed by atoms with van der Waals surface area (Å²) in [5, 5.41) is 18.4. The Hall–Kier alpha value is -3.76. The number of amides is 4. The summed E-state index contributed by atoms with van der Waals surface area (Å²) in [7, 11) is 0. The number of carboxylic acids is 1. The molecule has 2 atom stereocenters. The lowest BCUT2D eigenvalue weighted by Crippen LogP contribution is -2.54. The monoisotopic (exact) mass is 518 g/mol. The molecule has 0 aliphatic rings. The number of Topliss-reactive ketones (excluding diaryl/α,β-unsaturated/α-hetero) is 1. The standard InChI is InChI=1S/C26H38N4O7/c1-17(2)24(30-22(33)16-28-25(36)21(14-23(34)35)29-18(3)31)26(37)27-15-20(32)13-9-5-8-12-19-10-6-4-7-11-19/h4,6-7,10-11,17,21,24H,5,8-9,12-16H2,1-3H3,(H,27,37)(H,28,36)(H,29,31)(H,30,33)(H,34,35)/t21-,24?/m0/s1. The van der Waals surface area contributed by atoms with Crippen LogP contribution in [0.25, 0.3) is 0 Å². The highest BCUT2D eigenvalue weighted by Gasteiger charge is 2.26. The first-order chi connectivity index (χ1) is 17.5. The van der Waals surface area contributed by atoms with E-state index < -0.39 is 54.6 Å². The van der Waals surface area contributed by atoms with Crippen molar-refractivity contribution in [1.82, 2.24) is 21.3 Å². The lowest BCUT2D eigenvalue weighted by atomic mass is 10.0. The summed E-state index contributed by atoms with van der Waals surface area (Å²) in [5.41, 5.74) is 1.26. The lowest BCUT2D eigenvalue weighted by molar-refractivity contribution is -0.140. The van der Waals surface area contributed by atoms with Crippen LogP contribution in [-0.4, -0.2) is 65.7 Å². The second kappa shape index (κ2) is 16.8. The SMILES string of the molecule is CC(=O)N[C@@H](CC(=O)O)C(=O)NCC(=O)NC(C(=O)NCC(=O)CCCCCc1ccccc1)C(C)C. The molecule has 1 aromatic rings. The van der Waals surface area contributed by atoms with Crippen molar-refractivity contribution in [1.29, 1.82) is 0 Å². The van der Waals surface area contributed by atoms with Crippen molar-refractivity contribution in [3.05, 3.63) is 35.9 Å². The number of aliphatic carboxylic acids is 1. The maximum atomic E-state index is 12.6. The number of unbranched alkanes of at least 4 members (excludes halogenated alkanes) is 2. The molecular weight excluding hydrogens is 480 g/mol. The normalized spacial score (nSPS) is 12.2. The number of carbonyl (C=O) groups excluding carboxylic acids is 5. The van der Waals surface area contributed by atoms with Crippen molar-refractivity contribution in [3.8, 4) is 0 Å². The summed E-state index contributed by atoms with van der Waals surface area (Å²) in [4.78, 5) is 71.3. The largest absolute Gasteiger partial charge is 0.481 e. The number of hydrogen-bond acceptors (Lipinski definition) is 6. The first-order valence-electron chi connectivity index (χ1n) is 12.4. The van der Waals surface area contributed by atoms with Gasteiger partial charge in [0, 0.05) is 13.3 Å². The molecule has 4 amide bonds. The minimum Gasteiger partial charge on any atom is -0.481 e. The van der Waals surface area contributed by atoms with Crippen LogP contribution >= 0.6 is 0 Å². The highest BCUT2D eigenvalue weighted by atomic mass is 16.4. The number of ketones is 1. The summed E-state index contributed by atoms with van der Waals surface area (Å²) >= 11 is 0. The molecule has 0 spiro atoms. The number of hydrogen-bond donors (Lipinski definition) is 5. The van der Waals surface area contributed by atoms with E-state index in [0.29, 0.717) is 6.42 Å². The van der Waals surface area contributed by atoms with Gasteiger partial charge in [0.2, 0.25) is 23.6 Å². The molecule has 0 saturated heterocycles. The minimum absolute atomic E-state index is 0.100. The van der Waals surface area contributed by atoms with Gasteiger partial charge < -0.3 is 26.4 Å². The predicted octanol–water partition coefficient (Wildman–Crippen LogP) is 0.711. The molecule has 0 heterocycles. The molecular formula is C26H38N4O7. The average molecular weight is 519 g/mol. The van der Waals surface area contributed by atoms with E-state index in [4.69, 9.17) is 5.11 Å². The third-order valence-electron chi connectivity index (χ3n) is 5.49. The molecule has 1 aromatic carbocycles. The Balaban J connectivity index is 2.40. The molecule has 0 aliphatic carbocycles. The quantitative estimate of drug-likeness (QED) is 0.189. The summed E-state index contributed by atoms with van der Waals surface area (Å²) in [6.07, 6.45) is 3.27. The number of nitrogens with one attached hydrogen (secondary N) is 4. The fourth-order valence-corrected chi connectivity index (χ4v) is 3.54. The molecule has 5 N–H and O–H groups in total. The van der Waals surface area contributed by atoms with E-state index in [1.54, 1.807) is 13.8 Å². The number of carboxylic acid groups (broad SMARTS) is 1. The van der Waals surface area contributed by atoms with Gasteiger partial charge in [-0.15, -0.1) is 0 Å². The van der Waals surface area contributed by atoms with Gasteiger partial charge in [-0.3, -0.25) is 28.8 Å². The second-order valence-corrected chi connectivity index (χ2v) is 9.16. The van der Waals surface area contributed by atoms with Gasteiger partial charge in [0.15, 0.2) is 5.78 Å². The van der Waals surface area contributed by atoms with E-state index in [0.717, 1.165) is 32.6 Å². The molecule has 0 saturated carbocycles. The third-order valence-corrected chi connectivity index (χ3v) is 5.49. The number of carbonyl (C=O) groups is 6. The highest BCUT2D eigenvalue weighted by molar-refractivity contribution is 5.94. The molecule has 0 aromatic heterocycles. The molecule has 204 valence electrons. The zero-order chi connectivity index (χ0) is 27.8. The molecule has 0 fully saturated rings. The van der Waals surface area contributed by atoms with Crippen molar-refractivity contribution in [3.63, 3.8) is 0 Å². The van der Waals surface area contributed by atoms with Gasteiger partial charge in [0.25, 0.3) is 0 Å². The molecule has 0 aliphatic heterocycles. The fourth-order valence-electron chi connectivity index (χ4n) is 3.54. The van der Waals surface area contributed by atoms with Gasteiger partial charge in [-0.1, -0.05) is 50.6 Å². The minimum atomic E-state index is -1.34. The van der Waals surface area contributed by atoms with E-state index >= 15 is 0 Å². The third kappa shape index (κ3) is 13.8. The van der Waals surface area contributed by atoms with Crippen LogP contribution in [0.15, 0.2) is 30.3 Å². The van der Waals surface area contributed by atoms with Crippen LogP contribution in [0.5, 0.6) is 0 Å². The Morgan fingerprint density at radius 1 is 0.838 bits per heavy atom. The van der Waals surface area contributed by atoms with Gasteiger partial charge in [-0.05, 0) is 30.7 Å². The smallest absolute Gasteiger partial charge is 0.305 e. The summed E-state index contributed by atoms with van der Waals surface area (Å²) < 4.78 is 0. The number of benzene rings is 1. The van der Waals surface area contributed by atoms with Gasteiger partial charge in [-0.25, -0.2) is 0 Å². The van der Waals surface area contributed by atoms with Crippen molar-refractivity contribution in [2.45, 2.75) is 71.4 Å². The van der Waals surface area contributed by atoms with Gasteiger partial charge in [0.1, 0.15) is 12.1 Å². The molecule has 1 unspecified atom stereocenters. The first-order valence-corrected chi connectivity index (χ1v) is 12.4. The van der Waals surface area contributed by atoms with Crippen LogP contribution in [0.2, 0.25) is 0 Å². The number of aryl methyl sites for hydroxylation is 1. The van der Waals surface area contributed by atoms with Crippen LogP contribution in [0, 0.1) is 5.92 Å². The molecule has 1 rings (SSSR count). The van der Waals surface area contributed by atoms with Crippen molar-refractivity contribution >= 4 is 35.4 Å². The molecule has 37 heavy (non-hydrogen) atoms. The van der Waals surface area contributed by atoms with Crippen LogP contribution in [0.1, 0.15) is 58.4 Å². The second-order valence-electron chi connectivity index (χ2n) is 9.16. The van der Waals surface area contributed by atoms with Gasteiger partial charge in [0.05, 0.1) is 19.5 Å². The molecule has 11 heteroatoms. The van der Waals surface area contributed by atoms with E-state index in [1.165, 1.54) is 5.56 Å². The van der Waals surface area contributed by atoms with E-state index in [-0.39, 0.29) is 18.2 Å². The zero-order valence-electron chi connectivity index (χ0n) is 21.7. The van der Waals surface area contributed by atoms with Gasteiger partial charge in [-0.2, -0.15) is 0 Å². The Morgan fingerprint density at radius 2 is 1.49 bits per heavy atom. The van der Waals surface area contributed by atoms with E-state index in [1.807, 2.05) is 18.2 Å². The van der Waals surface area contributed by atoms with Crippen LogP contribution in [0.4, 0.5) is 0 Å². The molecule has 11 nitrogen and oxygen atoms in total. The average Bonchev–Trinajstić information content (AvgIpc) is 2.83. The number of rotatable bonds is 17. The van der Waals surface area contributed by atoms with E-state index in [2.05, 4.69) is 33.4 Å². The Bertz CT molecular complexity index is 918. The highest BCUT2D eigenvalue weighted by Crippen LogP contribution is 2.08. The fraction of sp³-hybridized carbons (Fsp3) is 0.538. The Morgan fingerprint density at radius 3 is 2.08 bits per heavy atom. The van der Waals surface area contributed by atoms with Crippen molar-refractivity contribution in [2.24, 2.45) is 5.92 Å². The van der Waals surface area contributed by atoms with Crippen molar-refractivity contribution in [2.75, 3.05) is 13.1 Å². The Kier molecular flexibility index (Phi) is 14.2. The zero-order valence-corrected chi connectivity index (χ0v) is 21.7. The lowest BCUT2D eigenvalue weighted by Gasteiger charge is -2.22. The van der Waals surface area contributed by atoms with Gasteiger partial charge >= 0.3 is 5.97 Å². The molecule has 0 bridgehead atoms. The predicted molar refractivity (Wildman–Crippen MR) is 136 cm³/mol. The van der Waals surface area contributed by atoms with Crippen LogP contribution in [-0.2, 0) is 35.2 Å². The summed E-state index contributed by atoms with van der Waals surface area (Å²) in [6, 6.07) is 7.83. The van der Waals surface area contributed by atoms with Crippen molar-refractivity contribution < 1.29 is 33.9 Å². The van der Waals surface area contributed by atoms with E-state index in [9.17, 15) is 28.8 Å².